The Morgan fingerprint density at radius 2 is 1.96 bits per heavy atom. The fourth-order valence-electron chi connectivity index (χ4n) is 2.27. The van der Waals surface area contributed by atoms with Crippen LogP contribution in [0.2, 0.25) is 0 Å². The Kier molecular flexibility index (Phi) is 5.92. The molecule has 0 spiro atoms. The topological polar surface area (TPSA) is 80.5 Å². The standard InChI is InChI=1S/C17H24N4O3/c1-11(2)15(17(22)21(3)4)18-10-14-19-16(20-24-14)12-6-8-13(23-5)9-7-12/h6-9,11,15,18H,10H2,1-5H3/t15-/m0/s1. The van der Waals surface area contributed by atoms with Crippen LogP contribution in [0.15, 0.2) is 28.8 Å². The summed E-state index contributed by atoms with van der Waals surface area (Å²) in [5.41, 5.74) is 0.843. The summed E-state index contributed by atoms with van der Waals surface area (Å²) in [5, 5.41) is 7.17. The first-order valence-electron chi connectivity index (χ1n) is 7.84. The van der Waals surface area contributed by atoms with Gasteiger partial charge in [0.1, 0.15) is 5.75 Å². The molecule has 0 aliphatic carbocycles. The van der Waals surface area contributed by atoms with E-state index in [0.717, 1.165) is 11.3 Å². The third kappa shape index (κ3) is 4.32. The van der Waals surface area contributed by atoms with Crippen molar-refractivity contribution in [2.24, 2.45) is 5.92 Å². The number of rotatable bonds is 7. The molecule has 7 heteroatoms. The van der Waals surface area contributed by atoms with Gasteiger partial charge in [0, 0.05) is 19.7 Å². The first-order chi connectivity index (χ1) is 11.4. The molecular formula is C17H24N4O3. The Morgan fingerprint density at radius 1 is 1.29 bits per heavy atom. The smallest absolute Gasteiger partial charge is 0.240 e. The molecule has 2 rings (SSSR count). The molecule has 1 N–H and O–H groups in total. The molecule has 0 aliphatic rings. The van der Waals surface area contributed by atoms with Gasteiger partial charge in [-0.1, -0.05) is 19.0 Å². The van der Waals surface area contributed by atoms with Gasteiger partial charge in [-0.2, -0.15) is 4.98 Å². The lowest BCUT2D eigenvalue weighted by atomic mass is 10.0. The molecule has 0 saturated carbocycles. The van der Waals surface area contributed by atoms with Crippen LogP contribution in [0, 0.1) is 5.92 Å². The zero-order valence-electron chi connectivity index (χ0n) is 14.7. The summed E-state index contributed by atoms with van der Waals surface area (Å²) in [4.78, 5) is 18.1. The molecule has 1 aromatic carbocycles. The quantitative estimate of drug-likeness (QED) is 0.835. The van der Waals surface area contributed by atoms with E-state index in [1.165, 1.54) is 0 Å². The maximum absolute atomic E-state index is 12.2. The zero-order valence-corrected chi connectivity index (χ0v) is 14.7. The van der Waals surface area contributed by atoms with Gasteiger partial charge in [0.15, 0.2) is 0 Å². The molecule has 0 saturated heterocycles. The normalized spacial score (nSPS) is 12.2. The molecule has 0 fully saturated rings. The molecular weight excluding hydrogens is 308 g/mol. The lowest BCUT2D eigenvalue weighted by molar-refractivity contribution is -0.132. The maximum atomic E-state index is 12.2. The fraction of sp³-hybridized carbons (Fsp3) is 0.471. The number of nitrogens with one attached hydrogen (secondary N) is 1. The van der Waals surface area contributed by atoms with E-state index in [1.807, 2.05) is 38.1 Å². The van der Waals surface area contributed by atoms with Crippen LogP contribution in [-0.4, -0.2) is 48.2 Å². The number of carbonyl (C=O) groups excluding carboxylic acids is 1. The molecule has 1 atom stereocenters. The third-order valence-electron chi connectivity index (χ3n) is 3.66. The Morgan fingerprint density at radius 3 is 2.50 bits per heavy atom. The van der Waals surface area contributed by atoms with Gasteiger partial charge in [0.25, 0.3) is 0 Å². The maximum Gasteiger partial charge on any atom is 0.240 e. The number of amides is 1. The van der Waals surface area contributed by atoms with Crippen molar-refractivity contribution in [3.8, 4) is 17.1 Å². The van der Waals surface area contributed by atoms with Crippen LogP contribution in [0.25, 0.3) is 11.4 Å². The monoisotopic (exact) mass is 332 g/mol. The van der Waals surface area contributed by atoms with Crippen molar-refractivity contribution in [2.45, 2.75) is 26.4 Å². The number of aromatic nitrogens is 2. The second-order valence-electron chi connectivity index (χ2n) is 6.08. The van der Waals surface area contributed by atoms with Crippen molar-refractivity contribution >= 4 is 5.91 Å². The van der Waals surface area contributed by atoms with Crippen LogP contribution in [0.5, 0.6) is 5.75 Å². The SMILES string of the molecule is COc1ccc(-c2noc(CN[C@H](C(=O)N(C)C)C(C)C)n2)cc1. The van der Waals surface area contributed by atoms with Gasteiger partial charge >= 0.3 is 0 Å². The third-order valence-corrected chi connectivity index (χ3v) is 3.66. The van der Waals surface area contributed by atoms with Crippen molar-refractivity contribution in [2.75, 3.05) is 21.2 Å². The van der Waals surface area contributed by atoms with Crippen LogP contribution in [0.1, 0.15) is 19.7 Å². The second-order valence-corrected chi connectivity index (χ2v) is 6.08. The second kappa shape index (κ2) is 7.92. The van der Waals surface area contributed by atoms with E-state index >= 15 is 0 Å². The van der Waals surface area contributed by atoms with Gasteiger partial charge in [0.05, 0.1) is 19.7 Å². The molecule has 130 valence electrons. The number of ether oxygens (including phenoxy) is 1. The molecule has 24 heavy (non-hydrogen) atoms. The molecule has 2 aromatic rings. The number of likely N-dealkylation sites (N-methyl/N-ethyl adjacent to an activating group) is 1. The number of hydrogen-bond donors (Lipinski definition) is 1. The lowest BCUT2D eigenvalue weighted by Crippen LogP contribution is -2.46. The van der Waals surface area contributed by atoms with Crippen LogP contribution in [-0.2, 0) is 11.3 Å². The van der Waals surface area contributed by atoms with Gasteiger partial charge in [-0.05, 0) is 30.2 Å². The van der Waals surface area contributed by atoms with Gasteiger partial charge in [-0.3, -0.25) is 10.1 Å². The first kappa shape index (κ1) is 17.9. The number of benzene rings is 1. The Labute approximate surface area is 142 Å². The van der Waals surface area contributed by atoms with Gasteiger partial charge in [-0.25, -0.2) is 0 Å². The van der Waals surface area contributed by atoms with Crippen molar-refractivity contribution in [3.63, 3.8) is 0 Å². The molecule has 0 radical (unpaired) electrons. The molecule has 0 bridgehead atoms. The lowest BCUT2D eigenvalue weighted by Gasteiger charge is -2.24. The minimum Gasteiger partial charge on any atom is -0.497 e. The number of methoxy groups -OCH3 is 1. The van der Waals surface area contributed by atoms with E-state index in [4.69, 9.17) is 9.26 Å². The summed E-state index contributed by atoms with van der Waals surface area (Å²) in [7, 11) is 5.11. The summed E-state index contributed by atoms with van der Waals surface area (Å²) in [6.45, 7) is 4.33. The van der Waals surface area contributed by atoms with Crippen molar-refractivity contribution in [1.29, 1.82) is 0 Å². The fourth-order valence-corrected chi connectivity index (χ4v) is 2.27. The van der Waals surface area contributed by atoms with E-state index in [-0.39, 0.29) is 17.9 Å². The van der Waals surface area contributed by atoms with Gasteiger partial charge in [0.2, 0.25) is 17.6 Å². The predicted molar refractivity (Wildman–Crippen MR) is 90.4 cm³/mol. The molecule has 7 nitrogen and oxygen atoms in total. The zero-order chi connectivity index (χ0) is 17.7. The summed E-state index contributed by atoms with van der Waals surface area (Å²) in [6, 6.07) is 7.12. The number of nitrogens with zero attached hydrogens (tertiary/aromatic N) is 3. The van der Waals surface area contributed by atoms with E-state index in [9.17, 15) is 4.79 Å². The predicted octanol–water partition coefficient (Wildman–Crippen LogP) is 1.95. The average molecular weight is 332 g/mol. The van der Waals surface area contributed by atoms with Crippen LogP contribution < -0.4 is 10.1 Å². The summed E-state index contributed by atoms with van der Waals surface area (Å²) in [5.74, 6) is 1.90. The Hall–Kier alpha value is -2.41. The highest BCUT2D eigenvalue weighted by Gasteiger charge is 2.23. The van der Waals surface area contributed by atoms with Crippen LogP contribution >= 0.6 is 0 Å². The Balaban J connectivity index is 2.03. The summed E-state index contributed by atoms with van der Waals surface area (Å²) in [6.07, 6.45) is 0. The van der Waals surface area contributed by atoms with Crippen LogP contribution in [0.4, 0.5) is 0 Å². The van der Waals surface area contributed by atoms with Gasteiger partial charge in [-0.15, -0.1) is 0 Å². The number of hydrogen-bond acceptors (Lipinski definition) is 6. The largest absolute Gasteiger partial charge is 0.497 e. The minimum atomic E-state index is -0.295. The molecule has 1 heterocycles. The molecule has 1 amide bonds. The molecule has 1 aromatic heterocycles. The van der Waals surface area contributed by atoms with Crippen LogP contribution in [0.3, 0.4) is 0 Å². The van der Waals surface area contributed by atoms with E-state index in [2.05, 4.69) is 15.5 Å². The highest BCUT2D eigenvalue weighted by Crippen LogP contribution is 2.19. The van der Waals surface area contributed by atoms with Crippen molar-refractivity contribution in [1.82, 2.24) is 20.4 Å². The first-order valence-corrected chi connectivity index (χ1v) is 7.84. The molecule has 0 aliphatic heterocycles. The van der Waals surface area contributed by atoms with E-state index in [0.29, 0.717) is 18.3 Å². The summed E-state index contributed by atoms with van der Waals surface area (Å²) >= 11 is 0. The highest BCUT2D eigenvalue weighted by molar-refractivity contribution is 5.81. The minimum absolute atomic E-state index is 0.0277. The van der Waals surface area contributed by atoms with Crippen molar-refractivity contribution in [3.05, 3.63) is 30.2 Å². The highest BCUT2D eigenvalue weighted by atomic mass is 16.5. The number of carbonyl (C=O) groups is 1. The summed E-state index contributed by atoms with van der Waals surface area (Å²) < 4.78 is 10.4. The Bertz CT molecular complexity index is 665. The van der Waals surface area contributed by atoms with Crippen molar-refractivity contribution < 1.29 is 14.1 Å². The average Bonchev–Trinajstić information content (AvgIpc) is 3.03. The van der Waals surface area contributed by atoms with Gasteiger partial charge < -0.3 is 14.2 Å². The molecule has 0 unspecified atom stereocenters. The van der Waals surface area contributed by atoms with E-state index < -0.39 is 0 Å². The van der Waals surface area contributed by atoms with E-state index in [1.54, 1.807) is 26.1 Å².